The van der Waals surface area contributed by atoms with Crippen LogP contribution in [0.4, 0.5) is 0 Å². The lowest BCUT2D eigenvalue weighted by Crippen LogP contribution is -2.41. The molecule has 1 aromatic rings. The van der Waals surface area contributed by atoms with Crippen LogP contribution in [0.15, 0.2) is 12.1 Å². The van der Waals surface area contributed by atoms with Crippen LogP contribution >= 0.6 is 11.3 Å². The first kappa shape index (κ1) is 13.8. The minimum atomic E-state index is -0.214. The van der Waals surface area contributed by atoms with E-state index >= 15 is 0 Å². The van der Waals surface area contributed by atoms with Crippen molar-refractivity contribution in [2.75, 3.05) is 6.54 Å². The predicted octanol–water partition coefficient (Wildman–Crippen LogP) is 3.33. The molecule has 2 nitrogen and oxygen atoms in total. The Morgan fingerprint density at radius 3 is 2.50 bits per heavy atom. The largest absolute Gasteiger partial charge is 0.329 e. The van der Waals surface area contributed by atoms with Gasteiger partial charge in [-0.2, -0.15) is 0 Å². The van der Waals surface area contributed by atoms with E-state index in [4.69, 9.17) is 5.73 Å². The Kier molecular flexibility index (Phi) is 4.57. The van der Waals surface area contributed by atoms with Gasteiger partial charge in [0.15, 0.2) is 0 Å². The molecule has 1 saturated carbocycles. The van der Waals surface area contributed by atoms with Crippen molar-refractivity contribution in [2.45, 2.75) is 51.9 Å². The highest BCUT2D eigenvalue weighted by Crippen LogP contribution is 2.37. The average molecular weight is 265 g/mol. The third kappa shape index (κ3) is 2.83. The molecule has 0 atom stereocenters. The number of nitrogens with two attached hydrogens (primary N) is 1. The number of thiophene rings is 1. The lowest BCUT2D eigenvalue weighted by Gasteiger charge is -2.34. The number of Topliss-reactive ketones (excluding diaryl/α,β-unsaturated/α-hetero) is 1. The number of carbonyl (C=O) groups excluding carboxylic acids is 1. The number of aryl methyl sites for hydroxylation is 1. The van der Waals surface area contributed by atoms with Crippen LogP contribution in [0, 0.1) is 5.41 Å². The number of hydrogen-bond donors (Lipinski definition) is 1. The number of ketones is 1. The summed E-state index contributed by atoms with van der Waals surface area (Å²) < 4.78 is 0. The lowest BCUT2D eigenvalue weighted by molar-refractivity contribution is -0.129. The Hall–Kier alpha value is -0.670. The van der Waals surface area contributed by atoms with Gasteiger partial charge in [-0.15, -0.1) is 11.3 Å². The molecule has 0 unspecified atom stereocenters. The van der Waals surface area contributed by atoms with Crippen molar-refractivity contribution in [3.05, 3.63) is 21.9 Å². The molecule has 2 rings (SSSR count). The Balaban J connectivity index is 2.05. The van der Waals surface area contributed by atoms with Crippen LogP contribution in [0.25, 0.3) is 0 Å². The van der Waals surface area contributed by atoms with Crippen LogP contribution < -0.4 is 5.73 Å². The van der Waals surface area contributed by atoms with Crippen molar-refractivity contribution in [3.63, 3.8) is 0 Å². The molecule has 0 spiro atoms. The van der Waals surface area contributed by atoms with E-state index in [1.54, 1.807) is 11.3 Å². The third-order valence-electron chi connectivity index (χ3n) is 4.19. The van der Waals surface area contributed by atoms with Crippen LogP contribution in [0.1, 0.15) is 48.8 Å². The maximum absolute atomic E-state index is 12.5. The molecule has 1 heterocycles. The monoisotopic (exact) mass is 265 g/mol. The quantitative estimate of drug-likeness (QED) is 0.887. The number of hydrogen-bond acceptors (Lipinski definition) is 3. The molecule has 0 bridgehead atoms. The first-order valence-corrected chi connectivity index (χ1v) is 7.83. The highest BCUT2D eigenvalue weighted by Gasteiger charge is 2.37. The Morgan fingerprint density at radius 1 is 1.28 bits per heavy atom. The molecule has 2 N–H and O–H groups in total. The smallest absolute Gasteiger partial charge is 0.145 e. The molecule has 100 valence electrons. The minimum absolute atomic E-state index is 0.214. The zero-order valence-electron chi connectivity index (χ0n) is 11.2. The van der Waals surface area contributed by atoms with E-state index in [-0.39, 0.29) is 5.41 Å². The normalized spacial score (nSPS) is 18.8. The van der Waals surface area contributed by atoms with Gasteiger partial charge in [-0.25, -0.2) is 0 Å². The molecule has 1 fully saturated rings. The molecule has 3 heteroatoms. The van der Waals surface area contributed by atoms with Crippen molar-refractivity contribution < 1.29 is 4.79 Å². The van der Waals surface area contributed by atoms with Crippen molar-refractivity contribution in [2.24, 2.45) is 11.1 Å². The zero-order chi connectivity index (χ0) is 13.0. The first-order valence-electron chi connectivity index (χ1n) is 7.01. The van der Waals surface area contributed by atoms with Crippen LogP contribution in [-0.2, 0) is 17.6 Å². The molecule has 18 heavy (non-hydrogen) atoms. The molecule has 0 aromatic carbocycles. The second-order valence-electron chi connectivity index (χ2n) is 5.37. The van der Waals surface area contributed by atoms with Crippen LogP contribution in [0.2, 0.25) is 0 Å². The second kappa shape index (κ2) is 5.98. The summed E-state index contributed by atoms with van der Waals surface area (Å²) in [7, 11) is 0. The Labute approximate surface area is 114 Å². The summed E-state index contributed by atoms with van der Waals surface area (Å²) in [6, 6.07) is 4.25. The van der Waals surface area contributed by atoms with Gasteiger partial charge >= 0.3 is 0 Å². The molecule has 0 aliphatic heterocycles. The number of carbonyl (C=O) groups is 1. The van der Waals surface area contributed by atoms with Gasteiger partial charge in [0.2, 0.25) is 0 Å². The molecule has 0 amide bonds. The summed E-state index contributed by atoms with van der Waals surface area (Å²) in [6.07, 6.45) is 7.21. The van der Waals surface area contributed by atoms with Crippen molar-refractivity contribution >= 4 is 17.1 Å². The second-order valence-corrected chi connectivity index (χ2v) is 6.62. The van der Waals surface area contributed by atoms with Gasteiger partial charge in [0, 0.05) is 28.1 Å². The molecule has 1 aliphatic carbocycles. The van der Waals surface area contributed by atoms with Crippen LogP contribution in [-0.4, -0.2) is 12.3 Å². The van der Waals surface area contributed by atoms with E-state index < -0.39 is 0 Å². The first-order chi connectivity index (χ1) is 8.70. The SMILES string of the molecule is CCc1ccc(CC(=O)C2(CN)CCCCC2)s1. The van der Waals surface area contributed by atoms with Gasteiger partial charge < -0.3 is 5.73 Å². The van der Waals surface area contributed by atoms with Crippen molar-refractivity contribution in [1.29, 1.82) is 0 Å². The fraction of sp³-hybridized carbons (Fsp3) is 0.667. The van der Waals surface area contributed by atoms with E-state index in [0.29, 0.717) is 18.7 Å². The van der Waals surface area contributed by atoms with E-state index in [0.717, 1.165) is 32.1 Å². The Bertz CT molecular complexity index is 404. The van der Waals surface area contributed by atoms with Crippen LogP contribution in [0.5, 0.6) is 0 Å². The van der Waals surface area contributed by atoms with E-state index in [1.807, 2.05) is 0 Å². The van der Waals surface area contributed by atoms with Gasteiger partial charge in [-0.1, -0.05) is 26.2 Å². The predicted molar refractivity (Wildman–Crippen MR) is 77.0 cm³/mol. The maximum Gasteiger partial charge on any atom is 0.145 e. The van der Waals surface area contributed by atoms with Gasteiger partial charge in [0.25, 0.3) is 0 Å². The van der Waals surface area contributed by atoms with E-state index in [9.17, 15) is 4.79 Å². The lowest BCUT2D eigenvalue weighted by atomic mass is 9.70. The summed E-state index contributed by atoms with van der Waals surface area (Å²) >= 11 is 1.77. The molecular formula is C15H23NOS. The summed E-state index contributed by atoms with van der Waals surface area (Å²) in [6.45, 7) is 2.68. The highest BCUT2D eigenvalue weighted by molar-refractivity contribution is 7.12. The summed E-state index contributed by atoms with van der Waals surface area (Å²) in [5, 5.41) is 0. The topological polar surface area (TPSA) is 43.1 Å². The molecular weight excluding hydrogens is 242 g/mol. The molecule has 0 radical (unpaired) electrons. The molecule has 0 saturated heterocycles. The maximum atomic E-state index is 12.5. The minimum Gasteiger partial charge on any atom is -0.329 e. The summed E-state index contributed by atoms with van der Waals surface area (Å²) in [5.74, 6) is 0.370. The van der Waals surface area contributed by atoms with E-state index in [2.05, 4.69) is 19.1 Å². The van der Waals surface area contributed by atoms with Gasteiger partial charge in [-0.3, -0.25) is 4.79 Å². The fourth-order valence-electron chi connectivity index (χ4n) is 2.88. The molecule has 1 aliphatic rings. The average Bonchev–Trinajstić information content (AvgIpc) is 2.87. The standard InChI is InChI=1S/C15H23NOS/c1-2-12-6-7-13(18-12)10-14(17)15(11-16)8-4-3-5-9-15/h6-7H,2-5,8-11,16H2,1H3. The van der Waals surface area contributed by atoms with Crippen molar-refractivity contribution in [3.8, 4) is 0 Å². The number of rotatable bonds is 5. The summed E-state index contributed by atoms with van der Waals surface area (Å²) in [4.78, 5) is 15.1. The molecule has 1 aromatic heterocycles. The Morgan fingerprint density at radius 2 is 1.94 bits per heavy atom. The zero-order valence-corrected chi connectivity index (χ0v) is 12.0. The van der Waals surface area contributed by atoms with Crippen molar-refractivity contribution in [1.82, 2.24) is 0 Å². The van der Waals surface area contributed by atoms with Gasteiger partial charge in [0.05, 0.1) is 0 Å². The van der Waals surface area contributed by atoms with E-state index in [1.165, 1.54) is 16.2 Å². The fourth-order valence-corrected chi connectivity index (χ4v) is 3.83. The van der Waals surface area contributed by atoms with Gasteiger partial charge in [0.1, 0.15) is 5.78 Å². The highest BCUT2D eigenvalue weighted by atomic mass is 32.1. The van der Waals surface area contributed by atoms with Gasteiger partial charge in [-0.05, 0) is 31.4 Å². The summed E-state index contributed by atoms with van der Waals surface area (Å²) in [5.41, 5.74) is 5.69. The van der Waals surface area contributed by atoms with Crippen LogP contribution in [0.3, 0.4) is 0 Å². The third-order valence-corrected chi connectivity index (χ3v) is 5.42.